The number of nitrogen functional groups attached to an aromatic ring is 1. The Morgan fingerprint density at radius 1 is 1.20 bits per heavy atom. The first-order chi connectivity index (χ1) is 9.43. The number of ether oxygens (including phenoxy) is 2. The van der Waals surface area contributed by atoms with Gasteiger partial charge in [-0.3, -0.25) is 0 Å². The lowest BCUT2D eigenvalue weighted by Gasteiger charge is -2.35. The molecule has 4 nitrogen and oxygen atoms in total. The standard InChI is InChI=1S/C14H16Cl2N2O2/c1-19-14(20-2)7-10(12(16)6-13(14)18)9-4-3-8(17)5-11(9)15/h3-7,13H,17-18H2,1-2H3. The van der Waals surface area contributed by atoms with Crippen LogP contribution in [0.4, 0.5) is 5.69 Å². The Labute approximate surface area is 127 Å². The van der Waals surface area contributed by atoms with E-state index < -0.39 is 11.8 Å². The maximum Gasteiger partial charge on any atom is 0.207 e. The molecule has 0 saturated carbocycles. The average molecular weight is 315 g/mol. The molecule has 0 bridgehead atoms. The van der Waals surface area contributed by atoms with Gasteiger partial charge in [-0.2, -0.15) is 0 Å². The topological polar surface area (TPSA) is 70.5 Å². The first kappa shape index (κ1) is 15.4. The molecular weight excluding hydrogens is 299 g/mol. The van der Waals surface area contributed by atoms with Crippen LogP contribution in [0.25, 0.3) is 5.57 Å². The average Bonchev–Trinajstić information content (AvgIpc) is 2.41. The Kier molecular flexibility index (Phi) is 4.42. The summed E-state index contributed by atoms with van der Waals surface area (Å²) in [6.45, 7) is 0. The van der Waals surface area contributed by atoms with E-state index in [9.17, 15) is 0 Å². The van der Waals surface area contributed by atoms with Gasteiger partial charge in [-0.25, -0.2) is 0 Å². The zero-order valence-electron chi connectivity index (χ0n) is 11.2. The predicted octanol–water partition coefficient (Wildman–Crippen LogP) is 2.76. The summed E-state index contributed by atoms with van der Waals surface area (Å²) in [5, 5.41) is 0.994. The largest absolute Gasteiger partial charge is 0.399 e. The second-order valence-corrected chi connectivity index (χ2v) is 5.28. The van der Waals surface area contributed by atoms with E-state index in [4.69, 9.17) is 44.1 Å². The lowest BCUT2D eigenvalue weighted by atomic mass is 9.92. The molecule has 4 N–H and O–H groups in total. The van der Waals surface area contributed by atoms with Crippen LogP contribution in [0.2, 0.25) is 5.02 Å². The van der Waals surface area contributed by atoms with Crippen LogP contribution in [0.15, 0.2) is 35.4 Å². The van der Waals surface area contributed by atoms with Crippen LogP contribution in [-0.2, 0) is 9.47 Å². The molecule has 1 aliphatic rings. The molecule has 0 aromatic heterocycles. The number of anilines is 1. The fraction of sp³-hybridized carbons (Fsp3) is 0.286. The summed E-state index contributed by atoms with van der Waals surface area (Å²) in [4.78, 5) is 0. The third-order valence-electron chi connectivity index (χ3n) is 3.31. The highest BCUT2D eigenvalue weighted by Crippen LogP contribution is 2.39. The number of nitrogens with two attached hydrogens (primary N) is 2. The van der Waals surface area contributed by atoms with Gasteiger partial charge in [0.15, 0.2) is 0 Å². The van der Waals surface area contributed by atoms with E-state index in [1.807, 2.05) is 0 Å². The van der Waals surface area contributed by atoms with Gasteiger partial charge in [0.25, 0.3) is 0 Å². The number of hydrogen-bond acceptors (Lipinski definition) is 4. The van der Waals surface area contributed by atoms with Gasteiger partial charge in [0, 0.05) is 36.1 Å². The maximum absolute atomic E-state index is 6.28. The zero-order chi connectivity index (χ0) is 14.9. The fourth-order valence-corrected chi connectivity index (χ4v) is 2.74. The third-order valence-corrected chi connectivity index (χ3v) is 3.96. The van der Waals surface area contributed by atoms with E-state index in [2.05, 4.69) is 0 Å². The minimum atomic E-state index is -1.07. The Morgan fingerprint density at radius 2 is 1.85 bits per heavy atom. The molecular formula is C14H16Cl2N2O2. The van der Waals surface area contributed by atoms with E-state index in [1.165, 1.54) is 14.2 Å². The summed E-state index contributed by atoms with van der Waals surface area (Å²) >= 11 is 12.5. The first-order valence-electron chi connectivity index (χ1n) is 5.95. The van der Waals surface area contributed by atoms with Crippen LogP contribution in [0, 0.1) is 0 Å². The summed E-state index contributed by atoms with van der Waals surface area (Å²) in [5.74, 6) is -1.07. The molecule has 0 radical (unpaired) electrons. The van der Waals surface area contributed by atoms with E-state index in [0.717, 1.165) is 5.56 Å². The van der Waals surface area contributed by atoms with Crippen LogP contribution < -0.4 is 11.5 Å². The molecule has 6 heteroatoms. The van der Waals surface area contributed by atoms with E-state index in [1.54, 1.807) is 30.4 Å². The summed E-state index contributed by atoms with van der Waals surface area (Å²) in [6.07, 6.45) is 3.41. The fourth-order valence-electron chi connectivity index (χ4n) is 2.16. The van der Waals surface area contributed by atoms with Gasteiger partial charge in [-0.05, 0) is 24.3 Å². The molecule has 0 aliphatic heterocycles. The summed E-state index contributed by atoms with van der Waals surface area (Å²) in [5.41, 5.74) is 13.7. The van der Waals surface area contributed by atoms with E-state index >= 15 is 0 Å². The van der Waals surface area contributed by atoms with Crippen molar-refractivity contribution in [2.24, 2.45) is 5.73 Å². The number of hydrogen-bond donors (Lipinski definition) is 2. The summed E-state index contributed by atoms with van der Waals surface area (Å²) in [7, 11) is 3.05. The van der Waals surface area contributed by atoms with Gasteiger partial charge in [-0.15, -0.1) is 0 Å². The van der Waals surface area contributed by atoms with Crippen LogP contribution >= 0.6 is 23.2 Å². The van der Waals surface area contributed by atoms with Crippen molar-refractivity contribution in [3.63, 3.8) is 0 Å². The minimum Gasteiger partial charge on any atom is -0.399 e. The molecule has 0 saturated heterocycles. The Morgan fingerprint density at radius 3 is 2.40 bits per heavy atom. The smallest absolute Gasteiger partial charge is 0.207 e. The second kappa shape index (κ2) is 5.76. The Balaban J connectivity index is 2.56. The van der Waals surface area contributed by atoms with Crippen molar-refractivity contribution in [3.8, 4) is 0 Å². The van der Waals surface area contributed by atoms with Gasteiger partial charge in [-0.1, -0.05) is 29.3 Å². The summed E-state index contributed by atoms with van der Waals surface area (Å²) in [6, 6.07) is 4.70. The van der Waals surface area contributed by atoms with Crippen molar-refractivity contribution in [1.82, 2.24) is 0 Å². The van der Waals surface area contributed by atoms with Crippen molar-refractivity contribution in [3.05, 3.63) is 46.0 Å². The highest BCUT2D eigenvalue weighted by atomic mass is 35.5. The SMILES string of the molecule is COC1(OC)C=C(c2ccc(N)cc2Cl)C(Cl)=CC1N. The van der Waals surface area contributed by atoms with E-state index in [0.29, 0.717) is 21.3 Å². The number of allylic oxidation sites excluding steroid dienone is 2. The number of benzene rings is 1. The van der Waals surface area contributed by atoms with Crippen LogP contribution in [0.3, 0.4) is 0 Å². The molecule has 1 unspecified atom stereocenters. The Bertz CT molecular complexity index is 581. The highest BCUT2D eigenvalue weighted by Gasteiger charge is 2.38. The molecule has 20 heavy (non-hydrogen) atoms. The predicted molar refractivity (Wildman–Crippen MR) is 82.5 cm³/mol. The lowest BCUT2D eigenvalue weighted by molar-refractivity contribution is -0.176. The molecule has 0 heterocycles. The van der Waals surface area contributed by atoms with Crippen molar-refractivity contribution < 1.29 is 9.47 Å². The van der Waals surface area contributed by atoms with Crippen molar-refractivity contribution in [1.29, 1.82) is 0 Å². The van der Waals surface area contributed by atoms with Gasteiger partial charge in [0.05, 0.1) is 11.1 Å². The molecule has 0 amide bonds. The Hall–Kier alpha value is -1.04. The number of halogens is 2. The maximum atomic E-state index is 6.28. The molecule has 2 rings (SSSR count). The van der Waals surface area contributed by atoms with Crippen LogP contribution in [0.1, 0.15) is 5.56 Å². The van der Waals surface area contributed by atoms with Crippen molar-refractivity contribution in [2.45, 2.75) is 11.8 Å². The molecule has 0 spiro atoms. The van der Waals surface area contributed by atoms with Gasteiger partial charge in [0.1, 0.15) is 0 Å². The van der Waals surface area contributed by atoms with E-state index in [-0.39, 0.29) is 0 Å². The van der Waals surface area contributed by atoms with Crippen molar-refractivity contribution >= 4 is 34.5 Å². The lowest BCUT2D eigenvalue weighted by Crippen LogP contribution is -2.50. The normalized spacial score (nSPS) is 21.4. The zero-order valence-corrected chi connectivity index (χ0v) is 12.7. The number of methoxy groups -OCH3 is 2. The minimum absolute atomic E-state index is 0.494. The monoisotopic (exact) mass is 314 g/mol. The molecule has 1 atom stereocenters. The van der Waals surface area contributed by atoms with Crippen LogP contribution in [-0.4, -0.2) is 26.0 Å². The van der Waals surface area contributed by atoms with Gasteiger partial charge >= 0.3 is 0 Å². The summed E-state index contributed by atoms with van der Waals surface area (Å²) < 4.78 is 10.8. The molecule has 108 valence electrons. The first-order valence-corrected chi connectivity index (χ1v) is 6.71. The van der Waals surface area contributed by atoms with Gasteiger partial charge < -0.3 is 20.9 Å². The third kappa shape index (κ3) is 2.57. The highest BCUT2D eigenvalue weighted by molar-refractivity contribution is 6.39. The molecule has 0 fully saturated rings. The molecule has 1 aromatic carbocycles. The number of rotatable bonds is 3. The molecule has 1 aliphatic carbocycles. The van der Waals surface area contributed by atoms with Crippen LogP contribution in [0.5, 0.6) is 0 Å². The molecule has 1 aromatic rings. The second-order valence-electron chi connectivity index (χ2n) is 4.47. The van der Waals surface area contributed by atoms with Crippen molar-refractivity contribution in [2.75, 3.05) is 20.0 Å². The quantitative estimate of drug-likeness (QED) is 0.665. The van der Waals surface area contributed by atoms with Gasteiger partial charge in [0.2, 0.25) is 5.79 Å².